The van der Waals surface area contributed by atoms with E-state index in [1.165, 1.54) is 0 Å². The average molecular weight is 101 g/mol. The predicted molar refractivity (Wildman–Crippen MR) is 31.0 cm³/mol. The van der Waals surface area contributed by atoms with Crippen LogP contribution in [0.15, 0.2) is 0 Å². The molecule has 0 N–H and O–H groups in total. The molecule has 7 heavy (non-hydrogen) atoms. The van der Waals surface area contributed by atoms with Crippen molar-refractivity contribution in [3.63, 3.8) is 0 Å². The van der Waals surface area contributed by atoms with Gasteiger partial charge in [0.1, 0.15) is 0 Å². The summed E-state index contributed by atoms with van der Waals surface area (Å²) in [7, 11) is 1.71. The molecular weight excluding hydrogens is 88.1 g/mol. The fourth-order valence-electron chi connectivity index (χ4n) is 0.319. The van der Waals surface area contributed by atoms with Crippen LogP contribution in [-0.4, -0.2) is 13.7 Å². The van der Waals surface area contributed by atoms with Crippen molar-refractivity contribution >= 4 is 0 Å². The highest BCUT2D eigenvalue weighted by molar-refractivity contribution is 4.51. The first-order valence-electron chi connectivity index (χ1n) is 2.59. The predicted octanol–water partition coefficient (Wildman–Crippen LogP) is 1.49. The quantitative estimate of drug-likeness (QED) is 0.523. The van der Waals surface area contributed by atoms with Gasteiger partial charge in [-0.3, -0.25) is 0 Å². The maximum atomic E-state index is 4.81. The van der Waals surface area contributed by atoms with Crippen molar-refractivity contribution in [2.45, 2.75) is 13.3 Å². The van der Waals surface area contributed by atoms with E-state index >= 15 is 0 Å². The Morgan fingerprint density at radius 2 is 2.29 bits per heavy atom. The molecule has 0 amide bonds. The molecule has 43 valence electrons. The summed E-state index contributed by atoms with van der Waals surface area (Å²) in [4.78, 5) is 0. The van der Waals surface area contributed by atoms with E-state index < -0.39 is 0 Å². The minimum absolute atomic E-state index is 0.528. The Morgan fingerprint density at radius 3 is 2.43 bits per heavy atom. The standard InChI is InChI=1S/C6H13O/c1-6(2)4-5-7-3/h6H,1,4-5H2,2-3H3/t6-/m0/s1. The van der Waals surface area contributed by atoms with E-state index in [-0.39, 0.29) is 0 Å². The minimum Gasteiger partial charge on any atom is -0.385 e. The van der Waals surface area contributed by atoms with Crippen molar-refractivity contribution in [3.8, 4) is 0 Å². The number of hydrogen-bond acceptors (Lipinski definition) is 1. The second-order valence-electron chi connectivity index (χ2n) is 1.89. The zero-order chi connectivity index (χ0) is 5.70. The smallest absolute Gasteiger partial charge is 0.0464 e. The number of hydrogen-bond donors (Lipinski definition) is 0. The third-order valence-corrected chi connectivity index (χ3v) is 0.815. The van der Waals surface area contributed by atoms with Crippen LogP contribution >= 0.6 is 0 Å². The number of rotatable bonds is 3. The summed E-state index contributed by atoms with van der Waals surface area (Å²) < 4.78 is 4.81. The van der Waals surface area contributed by atoms with Gasteiger partial charge in [-0.05, 0) is 12.3 Å². The Labute approximate surface area is 45.7 Å². The van der Waals surface area contributed by atoms with Gasteiger partial charge in [0.25, 0.3) is 0 Å². The molecule has 0 unspecified atom stereocenters. The SMILES string of the molecule is [CH2][C@@H](C)CCOC. The van der Waals surface area contributed by atoms with E-state index in [1.807, 2.05) is 0 Å². The van der Waals surface area contributed by atoms with Gasteiger partial charge in [0, 0.05) is 13.7 Å². The highest BCUT2D eigenvalue weighted by Crippen LogP contribution is 1.96. The summed E-state index contributed by atoms with van der Waals surface area (Å²) in [6.45, 7) is 6.72. The van der Waals surface area contributed by atoms with Gasteiger partial charge in [0.15, 0.2) is 0 Å². The van der Waals surface area contributed by atoms with Crippen LogP contribution in [0.2, 0.25) is 0 Å². The molecule has 0 aliphatic heterocycles. The Hall–Kier alpha value is -0.0400. The molecule has 0 saturated carbocycles. The molecule has 0 aliphatic carbocycles. The zero-order valence-electron chi connectivity index (χ0n) is 5.11. The van der Waals surface area contributed by atoms with Crippen LogP contribution in [-0.2, 0) is 4.74 Å². The van der Waals surface area contributed by atoms with Crippen LogP contribution in [0.5, 0.6) is 0 Å². The third-order valence-electron chi connectivity index (χ3n) is 0.815. The van der Waals surface area contributed by atoms with E-state index in [9.17, 15) is 0 Å². The molecule has 1 radical (unpaired) electrons. The average Bonchev–Trinajstić information content (AvgIpc) is 1.61. The van der Waals surface area contributed by atoms with Crippen LogP contribution < -0.4 is 0 Å². The molecule has 0 aromatic heterocycles. The van der Waals surface area contributed by atoms with Crippen molar-refractivity contribution in [2.24, 2.45) is 5.92 Å². The summed E-state index contributed by atoms with van der Waals surface area (Å²) in [6, 6.07) is 0. The maximum absolute atomic E-state index is 4.81. The zero-order valence-corrected chi connectivity index (χ0v) is 5.11. The molecule has 0 aromatic rings. The van der Waals surface area contributed by atoms with Crippen molar-refractivity contribution in [1.82, 2.24) is 0 Å². The molecule has 0 saturated heterocycles. The van der Waals surface area contributed by atoms with E-state index in [0.717, 1.165) is 13.0 Å². The Bertz CT molecular complexity index is 33.2. The second-order valence-corrected chi connectivity index (χ2v) is 1.89. The fraction of sp³-hybridized carbons (Fsp3) is 0.833. The van der Waals surface area contributed by atoms with Gasteiger partial charge in [-0.25, -0.2) is 0 Å². The van der Waals surface area contributed by atoms with Crippen LogP contribution in [0, 0.1) is 12.8 Å². The van der Waals surface area contributed by atoms with Gasteiger partial charge in [-0.1, -0.05) is 13.8 Å². The van der Waals surface area contributed by atoms with Crippen LogP contribution in [0.3, 0.4) is 0 Å². The Morgan fingerprint density at radius 1 is 1.71 bits per heavy atom. The minimum atomic E-state index is 0.528. The first-order valence-corrected chi connectivity index (χ1v) is 2.59. The van der Waals surface area contributed by atoms with E-state index in [4.69, 9.17) is 4.74 Å². The molecule has 0 bridgehead atoms. The molecular formula is C6H13O. The van der Waals surface area contributed by atoms with Crippen molar-refractivity contribution < 1.29 is 4.74 Å². The highest BCUT2D eigenvalue weighted by atomic mass is 16.5. The summed E-state index contributed by atoms with van der Waals surface area (Å²) in [5.74, 6) is 0.528. The molecule has 0 spiro atoms. The number of methoxy groups -OCH3 is 1. The topological polar surface area (TPSA) is 9.23 Å². The third kappa shape index (κ3) is 5.96. The lowest BCUT2D eigenvalue weighted by atomic mass is 10.1. The van der Waals surface area contributed by atoms with Crippen molar-refractivity contribution in [3.05, 3.63) is 6.92 Å². The van der Waals surface area contributed by atoms with Gasteiger partial charge in [0.05, 0.1) is 0 Å². The van der Waals surface area contributed by atoms with Gasteiger partial charge < -0.3 is 4.74 Å². The van der Waals surface area contributed by atoms with Crippen LogP contribution in [0.4, 0.5) is 0 Å². The molecule has 0 aromatic carbocycles. The van der Waals surface area contributed by atoms with Crippen molar-refractivity contribution in [2.75, 3.05) is 13.7 Å². The summed E-state index contributed by atoms with van der Waals surface area (Å²) >= 11 is 0. The van der Waals surface area contributed by atoms with E-state index in [1.54, 1.807) is 7.11 Å². The first kappa shape index (κ1) is 6.96. The summed E-state index contributed by atoms with van der Waals surface area (Å²) in [6.07, 6.45) is 1.07. The summed E-state index contributed by atoms with van der Waals surface area (Å²) in [5, 5.41) is 0. The number of ether oxygens (including phenoxy) is 1. The van der Waals surface area contributed by atoms with Gasteiger partial charge >= 0.3 is 0 Å². The molecule has 1 nitrogen and oxygen atoms in total. The maximum Gasteiger partial charge on any atom is 0.0464 e. The van der Waals surface area contributed by atoms with E-state index in [0.29, 0.717) is 5.92 Å². The Balaban J connectivity index is 2.68. The van der Waals surface area contributed by atoms with Gasteiger partial charge in [-0.15, -0.1) is 0 Å². The van der Waals surface area contributed by atoms with Crippen molar-refractivity contribution in [1.29, 1.82) is 0 Å². The fourth-order valence-corrected chi connectivity index (χ4v) is 0.319. The lowest BCUT2D eigenvalue weighted by Gasteiger charge is -1.99. The first-order chi connectivity index (χ1) is 3.27. The largest absolute Gasteiger partial charge is 0.385 e. The Kier molecular flexibility index (Phi) is 4.10. The lowest BCUT2D eigenvalue weighted by Crippen LogP contribution is -1.94. The van der Waals surface area contributed by atoms with Crippen LogP contribution in [0.25, 0.3) is 0 Å². The monoisotopic (exact) mass is 101 g/mol. The highest BCUT2D eigenvalue weighted by Gasteiger charge is 1.89. The summed E-state index contributed by atoms with van der Waals surface area (Å²) in [5.41, 5.74) is 0. The molecule has 0 rings (SSSR count). The van der Waals surface area contributed by atoms with E-state index in [2.05, 4.69) is 13.8 Å². The lowest BCUT2D eigenvalue weighted by molar-refractivity contribution is 0.186. The molecule has 1 heteroatoms. The second kappa shape index (κ2) is 4.13. The van der Waals surface area contributed by atoms with Gasteiger partial charge in [0.2, 0.25) is 0 Å². The van der Waals surface area contributed by atoms with Crippen LogP contribution in [0.1, 0.15) is 13.3 Å². The molecule has 0 aliphatic rings. The van der Waals surface area contributed by atoms with Gasteiger partial charge in [-0.2, -0.15) is 0 Å². The normalized spacial score (nSPS) is 10.3. The molecule has 1 atom stereocenters. The molecule has 0 fully saturated rings. The molecule has 0 heterocycles.